The minimum atomic E-state index is -1.42. The summed E-state index contributed by atoms with van der Waals surface area (Å²) in [6.45, 7) is -0.285. The van der Waals surface area contributed by atoms with Crippen molar-refractivity contribution in [2.75, 3.05) is 12.9 Å². The molecule has 1 aliphatic rings. The molecule has 0 saturated carbocycles. The van der Waals surface area contributed by atoms with Crippen molar-refractivity contribution in [1.29, 1.82) is 0 Å². The molecule has 1 saturated heterocycles. The van der Waals surface area contributed by atoms with Crippen LogP contribution < -0.4 is 0 Å². The summed E-state index contributed by atoms with van der Waals surface area (Å²) in [6.07, 6.45) is -2.69. The molecular formula is C7H14O5S. The molecule has 0 aliphatic carbocycles. The van der Waals surface area contributed by atoms with Gasteiger partial charge >= 0.3 is 0 Å². The number of aliphatic hydroxyl groups is 4. The van der Waals surface area contributed by atoms with Crippen LogP contribution in [0.15, 0.2) is 0 Å². The number of hydrogen-bond donors (Lipinski definition) is 4. The van der Waals surface area contributed by atoms with Gasteiger partial charge in [0, 0.05) is 0 Å². The van der Waals surface area contributed by atoms with Gasteiger partial charge in [-0.1, -0.05) is 0 Å². The molecule has 0 unspecified atom stereocenters. The first-order valence-electron chi connectivity index (χ1n) is 3.95. The third kappa shape index (κ3) is 2.15. The van der Waals surface area contributed by atoms with Crippen LogP contribution in [0.2, 0.25) is 0 Å². The highest BCUT2D eigenvalue weighted by atomic mass is 32.2. The summed E-state index contributed by atoms with van der Waals surface area (Å²) < 4.78 is 4.90. The molecule has 13 heavy (non-hydrogen) atoms. The van der Waals surface area contributed by atoms with E-state index in [1.54, 1.807) is 6.26 Å². The summed E-state index contributed by atoms with van der Waals surface area (Å²) >= 11 is 1.29. The highest BCUT2D eigenvalue weighted by molar-refractivity contribution is 7.99. The maximum absolute atomic E-state index is 9.49. The third-order valence-electron chi connectivity index (χ3n) is 2.11. The maximum atomic E-state index is 9.49. The average Bonchev–Trinajstić information content (AvgIpc) is 2.13. The zero-order valence-electron chi connectivity index (χ0n) is 7.20. The smallest absolute Gasteiger partial charge is 0.183 e. The lowest BCUT2D eigenvalue weighted by Gasteiger charge is -2.39. The lowest BCUT2D eigenvalue weighted by atomic mass is 10.0. The lowest BCUT2D eigenvalue weighted by molar-refractivity contribution is -0.248. The van der Waals surface area contributed by atoms with Gasteiger partial charge in [-0.15, -0.1) is 0 Å². The number of hydrogen-bond acceptors (Lipinski definition) is 6. The molecule has 0 amide bonds. The number of ether oxygens (including phenoxy) is 1. The van der Waals surface area contributed by atoms with Crippen molar-refractivity contribution in [3.05, 3.63) is 0 Å². The zero-order valence-corrected chi connectivity index (χ0v) is 8.02. The molecule has 0 bridgehead atoms. The molecule has 1 rings (SSSR count). The van der Waals surface area contributed by atoms with Crippen LogP contribution in [-0.2, 0) is 4.74 Å². The molecule has 5 atom stereocenters. The Morgan fingerprint density at radius 3 is 2.31 bits per heavy atom. The van der Waals surface area contributed by atoms with Gasteiger partial charge in [0.15, 0.2) is 6.29 Å². The van der Waals surface area contributed by atoms with E-state index in [9.17, 15) is 10.2 Å². The fourth-order valence-electron chi connectivity index (χ4n) is 1.36. The van der Waals surface area contributed by atoms with E-state index in [-0.39, 0.29) is 6.61 Å². The first-order chi connectivity index (χ1) is 6.11. The minimum absolute atomic E-state index is 0.285. The minimum Gasteiger partial charge on any atom is -0.394 e. The van der Waals surface area contributed by atoms with E-state index >= 15 is 0 Å². The van der Waals surface area contributed by atoms with Gasteiger partial charge in [-0.2, -0.15) is 11.8 Å². The van der Waals surface area contributed by atoms with E-state index in [1.165, 1.54) is 11.8 Å². The summed E-state index contributed by atoms with van der Waals surface area (Å²) in [5.74, 6) is 0. The second-order valence-corrected chi connectivity index (χ2v) is 3.94. The summed E-state index contributed by atoms with van der Waals surface area (Å²) in [6, 6.07) is 0. The van der Waals surface area contributed by atoms with Crippen molar-refractivity contribution >= 4 is 11.8 Å². The Morgan fingerprint density at radius 1 is 1.23 bits per heavy atom. The second kappa shape index (κ2) is 4.59. The predicted octanol–water partition coefficient (Wildman–Crippen LogP) is -1.85. The van der Waals surface area contributed by atoms with Gasteiger partial charge < -0.3 is 25.2 Å². The van der Waals surface area contributed by atoms with Gasteiger partial charge in [-0.25, -0.2) is 0 Å². The topological polar surface area (TPSA) is 90.2 Å². The van der Waals surface area contributed by atoms with Crippen LogP contribution >= 0.6 is 11.8 Å². The molecule has 5 nitrogen and oxygen atoms in total. The quantitative estimate of drug-likeness (QED) is 0.428. The zero-order chi connectivity index (χ0) is 10.0. The number of aliphatic hydroxyl groups excluding tert-OH is 4. The first-order valence-corrected chi connectivity index (χ1v) is 5.24. The van der Waals surface area contributed by atoms with Gasteiger partial charge in [0.2, 0.25) is 0 Å². The molecule has 6 heteroatoms. The van der Waals surface area contributed by atoms with Crippen LogP contribution in [0.1, 0.15) is 0 Å². The Hall–Kier alpha value is 0.150. The van der Waals surface area contributed by atoms with E-state index < -0.39 is 29.9 Å². The molecule has 0 aromatic heterocycles. The Morgan fingerprint density at radius 2 is 1.85 bits per heavy atom. The molecule has 78 valence electrons. The van der Waals surface area contributed by atoms with Gasteiger partial charge in [0.05, 0.1) is 24.1 Å². The fraction of sp³-hybridized carbons (Fsp3) is 1.00. The number of rotatable bonds is 2. The Labute approximate surface area is 80.3 Å². The van der Waals surface area contributed by atoms with E-state index in [4.69, 9.17) is 14.9 Å². The van der Waals surface area contributed by atoms with Gasteiger partial charge in [-0.05, 0) is 6.26 Å². The van der Waals surface area contributed by atoms with Gasteiger partial charge in [0.25, 0.3) is 0 Å². The van der Waals surface area contributed by atoms with Crippen molar-refractivity contribution in [1.82, 2.24) is 0 Å². The maximum Gasteiger partial charge on any atom is 0.183 e. The standard InChI is InChI=1S/C7H14O5S/c1-13-6-3(2-8)12-7(11)5(10)4(6)9/h3-11H,2H2,1H3/t3-,4-,5-,6-,7+/m1/s1. The molecule has 1 fully saturated rings. The second-order valence-electron chi connectivity index (χ2n) is 2.93. The van der Waals surface area contributed by atoms with Crippen molar-refractivity contribution in [2.45, 2.75) is 29.9 Å². The largest absolute Gasteiger partial charge is 0.394 e. The third-order valence-corrected chi connectivity index (χ3v) is 3.24. The normalized spacial score (nSPS) is 46.4. The Balaban J connectivity index is 2.69. The van der Waals surface area contributed by atoms with Crippen molar-refractivity contribution in [2.24, 2.45) is 0 Å². The van der Waals surface area contributed by atoms with Crippen molar-refractivity contribution in [3.8, 4) is 0 Å². The van der Waals surface area contributed by atoms with Gasteiger partial charge in [0.1, 0.15) is 6.10 Å². The van der Waals surface area contributed by atoms with E-state index in [1.807, 2.05) is 0 Å². The van der Waals surface area contributed by atoms with E-state index in [0.717, 1.165) is 0 Å². The molecule has 0 aromatic rings. The molecule has 4 N–H and O–H groups in total. The van der Waals surface area contributed by atoms with Crippen LogP contribution in [-0.4, -0.2) is 63.1 Å². The Bertz CT molecular complexity index is 165. The predicted molar refractivity (Wildman–Crippen MR) is 47.3 cm³/mol. The van der Waals surface area contributed by atoms with Crippen LogP contribution in [0.4, 0.5) is 0 Å². The summed E-state index contributed by atoms with van der Waals surface area (Å²) in [7, 11) is 0. The summed E-state index contributed by atoms with van der Waals surface area (Å²) in [5.41, 5.74) is 0. The van der Waals surface area contributed by atoms with Crippen LogP contribution in [0.3, 0.4) is 0 Å². The number of thioether (sulfide) groups is 1. The van der Waals surface area contributed by atoms with Gasteiger partial charge in [-0.3, -0.25) is 0 Å². The fourth-order valence-corrected chi connectivity index (χ4v) is 2.25. The van der Waals surface area contributed by atoms with Crippen LogP contribution in [0.25, 0.3) is 0 Å². The Kier molecular flexibility index (Phi) is 3.96. The van der Waals surface area contributed by atoms with E-state index in [2.05, 4.69) is 0 Å². The SMILES string of the molecule is CS[C@H]1[C@H](O)[C@@H](O)[C@@H](O)O[C@@H]1CO. The van der Waals surface area contributed by atoms with Crippen molar-refractivity contribution in [3.63, 3.8) is 0 Å². The first kappa shape index (κ1) is 11.2. The van der Waals surface area contributed by atoms with Crippen LogP contribution in [0, 0.1) is 0 Å². The van der Waals surface area contributed by atoms with E-state index in [0.29, 0.717) is 0 Å². The monoisotopic (exact) mass is 210 g/mol. The lowest BCUT2D eigenvalue weighted by Crippen LogP contribution is -2.57. The average molecular weight is 210 g/mol. The summed E-state index contributed by atoms with van der Waals surface area (Å²) in [4.78, 5) is 0. The highest BCUT2D eigenvalue weighted by Crippen LogP contribution is 2.27. The molecule has 0 aromatic carbocycles. The molecule has 0 radical (unpaired) electrons. The molecule has 1 aliphatic heterocycles. The van der Waals surface area contributed by atoms with Crippen molar-refractivity contribution < 1.29 is 25.2 Å². The molecular weight excluding hydrogens is 196 g/mol. The molecule has 0 spiro atoms. The summed E-state index contributed by atoms with van der Waals surface area (Å²) in [5, 5.41) is 36.3. The molecule has 1 heterocycles. The van der Waals surface area contributed by atoms with Crippen LogP contribution in [0.5, 0.6) is 0 Å². The highest BCUT2D eigenvalue weighted by Gasteiger charge is 2.42.